The molecule has 1 aromatic heterocycles. The highest BCUT2D eigenvalue weighted by Crippen LogP contribution is 2.27. The molecule has 0 radical (unpaired) electrons. The lowest BCUT2D eigenvalue weighted by atomic mass is 10.2. The van der Waals surface area contributed by atoms with Gasteiger partial charge in [-0.15, -0.1) is 0 Å². The van der Waals surface area contributed by atoms with Gasteiger partial charge in [0.25, 0.3) is 0 Å². The van der Waals surface area contributed by atoms with E-state index in [0.717, 1.165) is 23.7 Å². The van der Waals surface area contributed by atoms with Crippen molar-refractivity contribution in [1.29, 1.82) is 0 Å². The van der Waals surface area contributed by atoms with Gasteiger partial charge in [0.1, 0.15) is 11.6 Å². The van der Waals surface area contributed by atoms with Crippen molar-refractivity contribution < 1.29 is 4.39 Å². The van der Waals surface area contributed by atoms with Gasteiger partial charge in [-0.25, -0.2) is 9.37 Å². The Morgan fingerprint density at radius 2 is 2.44 bits per heavy atom. The summed E-state index contributed by atoms with van der Waals surface area (Å²) in [5, 5.41) is 3.24. The van der Waals surface area contributed by atoms with Crippen LogP contribution < -0.4 is 10.2 Å². The molecule has 0 spiro atoms. The summed E-state index contributed by atoms with van der Waals surface area (Å²) >= 11 is 1.97. The molecule has 0 aliphatic carbocycles. The first-order valence-electron chi connectivity index (χ1n) is 6.38. The summed E-state index contributed by atoms with van der Waals surface area (Å²) in [5.41, 5.74) is 0.941. The van der Waals surface area contributed by atoms with E-state index < -0.39 is 0 Å². The van der Waals surface area contributed by atoms with Crippen molar-refractivity contribution in [3.63, 3.8) is 0 Å². The Hall–Kier alpha value is -0.810. The zero-order chi connectivity index (χ0) is 13.0. The predicted molar refractivity (Wildman–Crippen MR) is 75.7 cm³/mol. The summed E-state index contributed by atoms with van der Waals surface area (Å²) in [6.07, 6.45) is 2.49. The van der Waals surface area contributed by atoms with Gasteiger partial charge in [0.15, 0.2) is 0 Å². The van der Waals surface area contributed by atoms with Gasteiger partial charge in [-0.2, -0.15) is 11.8 Å². The molecule has 18 heavy (non-hydrogen) atoms. The summed E-state index contributed by atoms with van der Waals surface area (Å²) < 4.78 is 13.3. The van der Waals surface area contributed by atoms with Crippen molar-refractivity contribution in [3.05, 3.63) is 23.6 Å². The van der Waals surface area contributed by atoms with Crippen molar-refractivity contribution in [3.8, 4) is 0 Å². The average molecular weight is 269 g/mol. The summed E-state index contributed by atoms with van der Waals surface area (Å²) in [5.74, 6) is 2.99. The van der Waals surface area contributed by atoms with Crippen molar-refractivity contribution >= 4 is 17.6 Å². The van der Waals surface area contributed by atoms with Crippen molar-refractivity contribution in [2.45, 2.75) is 25.9 Å². The SMILES string of the molecule is CCNCc1cc(F)cnc1N(C)C1CCSC1. The fraction of sp³-hybridized carbons (Fsp3) is 0.615. The largest absolute Gasteiger partial charge is 0.356 e. The van der Waals surface area contributed by atoms with E-state index >= 15 is 0 Å². The number of nitrogens with one attached hydrogen (secondary N) is 1. The van der Waals surface area contributed by atoms with Crippen LogP contribution in [-0.2, 0) is 6.54 Å². The first-order valence-corrected chi connectivity index (χ1v) is 7.53. The van der Waals surface area contributed by atoms with Crippen molar-refractivity contribution in [1.82, 2.24) is 10.3 Å². The van der Waals surface area contributed by atoms with Gasteiger partial charge >= 0.3 is 0 Å². The molecule has 2 heterocycles. The minimum Gasteiger partial charge on any atom is -0.356 e. The molecule has 1 unspecified atom stereocenters. The van der Waals surface area contributed by atoms with Gasteiger partial charge < -0.3 is 10.2 Å². The fourth-order valence-corrected chi connectivity index (χ4v) is 3.45. The van der Waals surface area contributed by atoms with E-state index in [9.17, 15) is 4.39 Å². The summed E-state index contributed by atoms with van der Waals surface area (Å²) in [4.78, 5) is 6.48. The molecule has 2 rings (SSSR count). The molecular formula is C13H20FN3S. The van der Waals surface area contributed by atoms with Crippen LogP contribution in [0.4, 0.5) is 10.2 Å². The normalized spacial score (nSPS) is 19.2. The minimum absolute atomic E-state index is 0.263. The van der Waals surface area contributed by atoms with Gasteiger partial charge in [-0.3, -0.25) is 0 Å². The number of pyridine rings is 1. The standard InChI is InChI=1S/C13H20FN3S/c1-3-15-7-10-6-11(14)8-16-13(10)17(2)12-4-5-18-9-12/h6,8,12,15H,3-5,7,9H2,1-2H3. The van der Waals surface area contributed by atoms with Crippen LogP contribution in [0.3, 0.4) is 0 Å². The highest BCUT2D eigenvalue weighted by molar-refractivity contribution is 7.99. The average Bonchev–Trinajstić information content (AvgIpc) is 2.89. The Kier molecular flexibility index (Phi) is 4.83. The van der Waals surface area contributed by atoms with Crippen LogP contribution in [0.1, 0.15) is 18.9 Å². The monoisotopic (exact) mass is 269 g/mol. The molecule has 100 valence electrons. The van der Waals surface area contributed by atoms with Crippen molar-refractivity contribution in [2.24, 2.45) is 0 Å². The number of anilines is 1. The fourth-order valence-electron chi connectivity index (χ4n) is 2.18. The molecule has 3 nitrogen and oxygen atoms in total. The second-order valence-corrected chi connectivity index (χ2v) is 5.69. The predicted octanol–water partition coefficient (Wildman–Crippen LogP) is 2.27. The Balaban J connectivity index is 2.18. The maximum atomic E-state index is 13.3. The molecule has 1 aliphatic rings. The Labute approximate surface area is 112 Å². The number of aromatic nitrogens is 1. The molecule has 0 amide bonds. The van der Waals surface area contributed by atoms with E-state index in [1.54, 1.807) is 6.07 Å². The molecule has 1 N–H and O–H groups in total. The Bertz CT molecular complexity index is 394. The number of rotatable bonds is 5. The van der Waals surface area contributed by atoms with E-state index in [2.05, 4.69) is 22.2 Å². The van der Waals surface area contributed by atoms with E-state index in [-0.39, 0.29) is 5.82 Å². The van der Waals surface area contributed by atoms with Crippen LogP contribution in [0.2, 0.25) is 0 Å². The number of halogens is 1. The van der Waals surface area contributed by atoms with Gasteiger partial charge in [-0.1, -0.05) is 6.92 Å². The van der Waals surface area contributed by atoms with E-state index in [4.69, 9.17) is 0 Å². The topological polar surface area (TPSA) is 28.2 Å². The number of hydrogen-bond acceptors (Lipinski definition) is 4. The second-order valence-electron chi connectivity index (χ2n) is 4.54. The molecule has 1 fully saturated rings. The highest BCUT2D eigenvalue weighted by Gasteiger charge is 2.22. The van der Waals surface area contributed by atoms with Crippen LogP contribution in [-0.4, -0.2) is 36.1 Å². The third-order valence-electron chi connectivity index (χ3n) is 3.26. The van der Waals surface area contributed by atoms with Gasteiger partial charge in [-0.05, 0) is 24.8 Å². The molecule has 0 bridgehead atoms. The van der Waals surface area contributed by atoms with Gasteiger partial charge in [0.05, 0.1) is 6.20 Å². The molecular weight excluding hydrogens is 249 g/mol. The lowest BCUT2D eigenvalue weighted by Gasteiger charge is -2.27. The molecule has 1 atom stereocenters. The summed E-state index contributed by atoms with van der Waals surface area (Å²) in [6.45, 7) is 3.59. The third kappa shape index (κ3) is 3.14. The maximum Gasteiger partial charge on any atom is 0.141 e. The number of hydrogen-bond donors (Lipinski definition) is 1. The molecule has 1 aliphatic heterocycles. The summed E-state index contributed by atoms with van der Waals surface area (Å²) in [7, 11) is 2.06. The van der Waals surface area contributed by atoms with Crippen LogP contribution >= 0.6 is 11.8 Å². The quantitative estimate of drug-likeness (QED) is 0.887. The minimum atomic E-state index is -0.263. The molecule has 5 heteroatoms. The Morgan fingerprint density at radius 1 is 1.61 bits per heavy atom. The van der Waals surface area contributed by atoms with E-state index in [0.29, 0.717) is 12.6 Å². The van der Waals surface area contributed by atoms with Gasteiger partial charge in [0.2, 0.25) is 0 Å². The molecule has 0 saturated carbocycles. The lowest BCUT2D eigenvalue weighted by molar-refractivity contribution is 0.609. The van der Waals surface area contributed by atoms with Crippen LogP contribution in [0.5, 0.6) is 0 Å². The first kappa shape index (κ1) is 13.6. The third-order valence-corrected chi connectivity index (χ3v) is 4.41. The Morgan fingerprint density at radius 3 is 3.11 bits per heavy atom. The summed E-state index contributed by atoms with van der Waals surface area (Å²) in [6, 6.07) is 2.11. The van der Waals surface area contributed by atoms with E-state index in [1.807, 2.05) is 18.7 Å². The zero-order valence-electron chi connectivity index (χ0n) is 10.9. The lowest BCUT2D eigenvalue weighted by Crippen LogP contribution is -2.33. The number of thioether (sulfide) groups is 1. The van der Waals surface area contributed by atoms with Crippen LogP contribution in [0.15, 0.2) is 12.3 Å². The second kappa shape index (κ2) is 6.38. The smallest absolute Gasteiger partial charge is 0.141 e. The molecule has 0 aromatic carbocycles. The number of nitrogens with zero attached hydrogens (tertiary/aromatic N) is 2. The maximum absolute atomic E-state index is 13.3. The van der Waals surface area contributed by atoms with Crippen LogP contribution in [0.25, 0.3) is 0 Å². The molecule has 1 saturated heterocycles. The van der Waals surface area contributed by atoms with Crippen LogP contribution in [0, 0.1) is 5.82 Å². The first-order chi connectivity index (χ1) is 8.72. The van der Waals surface area contributed by atoms with Gasteiger partial charge in [0, 0.05) is 31.0 Å². The highest BCUT2D eigenvalue weighted by atomic mass is 32.2. The molecule has 1 aromatic rings. The van der Waals surface area contributed by atoms with Crippen molar-refractivity contribution in [2.75, 3.05) is 30.0 Å². The van der Waals surface area contributed by atoms with E-state index in [1.165, 1.54) is 18.4 Å². The zero-order valence-corrected chi connectivity index (χ0v) is 11.8.